The van der Waals surface area contributed by atoms with E-state index in [4.69, 9.17) is 0 Å². The molecule has 0 aliphatic carbocycles. The van der Waals surface area contributed by atoms with Gasteiger partial charge in [0.15, 0.2) is 0 Å². The molecule has 0 aromatic carbocycles. The molecule has 0 rings (SSSR count). The van der Waals surface area contributed by atoms with E-state index in [-0.39, 0.29) is 0 Å². The Labute approximate surface area is 34.9 Å². The van der Waals surface area contributed by atoms with E-state index in [9.17, 15) is 0 Å². The summed E-state index contributed by atoms with van der Waals surface area (Å²) >= 11 is 0. The quantitative estimate of drug-likeness (QED) is 0.362. The molecule has 0 nitrogen and oxygen atoms in total. The van der Waals surface area contributed by atoms with Crippen LogP contribution in [0.15, 0.2) is 0 Å². The molecule has 0 spiro atoms. The Morgan fingerprint density at radius 1 is 1.80 bits per heavy atom. The summed E-state index contributed by atoms with van der Waals surface area (Å²) in [4.78, 5) is 0. The summed E-state index contributed by atoms with van der Waals surface area (Å²) in [7, 11) is 4.78. The predicted molar refractivity (Wildman–Crippen MR) is 30.8 cm³/mol. The van der Waals surface area contributed by atoms with Gasteiger partial charge in [0.2, 0.25) is 0 Å². The molecule has 0 saturated carbocycles. The molecule has 0 N–H and O–H groups in total. The van der Waals surface area contributed by atoms with Crippen molar-refractivity contribution in [2.24, 2.45) is 0 Å². The maximum absolute atomic E-state index is 3.67. The summed E-state index contributed by atoms with van der Waals surface area (Å²) in [6.07, 6.45) is 0. The molecule has 0 atom stereocenters. The molecule has 0 radical (unpaired) electrons. The van der Waals surface area contributed by atoms with Gasteiger partial charge in [0.1, 0.15) is 0 Å². The van der Waals surface area contributed by atoms with Crippen molar-refractivity contribution in [2.45, 2.75) is 13.7 Å². The summed E-state index contributed by atoms with van der Waals surface area (Å²) in [5.74, 6) is 0. The molecule has 0 aromatic rings. The van der Waals surface area contributed by atoms with E-state index in [2.05, 4.69) is 14.3 Å². The molecule has 0 fully saturated rings. The molecular weight excluding hydrogens is 57.7 g/mol. The van der Waals surface area contributed by atoms with Crippen LogP contribution in [-0.4, -0.2) is 20.1 Å². The van der Waals surface area contributed by atoms with E-state index in [1.807, 2.05) is 6.92 Å². The van der Waals surface area contributed by atoms with Crippen molar-refractivity contribution >= 4 is 20.1 Å². The average Bonchev–Trinajstić information content (AvgIpc) is 1.38. The van der Waals surface area contributed by atoms with Gasteiger partial charge in [-0.05, 0) is 0 Å². The topological polar surface area (TPSA) is 0 Å². The third-order valence-electron chi connectivity index (χ3n) is 0.604. The number of hydrogen-bond donors (Lipinski definition) is 0. The van der Waals surface area contributed by atoms with Gasteiger partial charge in [-0.1, -0.05) is 0 Å². The average molecular weight is 65.7 g/mol. The van der Waals surface area contributed by atoms with E-state index in [0.717, 1.165) is 7.28 Å². The van der Waals surface area contributed by atoms with Crippen LogP contribution in [0.25, 0.3) is 0 Å². The van der Waals surface area contributed by atoms with E-state index >= 15 is 0 Å². The molecule has 5 heavy (non-hydrogen) atoms. The third kappa shape index (κ3) is 4.00. The first-order valence-electron chi connectivity index (χ1n) is 1.91. The van der Waals surface area contributed by atoms with Crippen LogP contribution in [0.5, 0.6) is 0 Å². The van der Waals surface area contributed by atoms with E-state index in [1.54, 1.807) is 0 Å². The molecule has 26 valence electrons. The first-order valence-corrected chi connectivity index (χ1v) is 1.91. The Morgan fingerprint density at radius 2 is 2.00 bits per heavy atom. The number of rotatable bonds is 1. The summed E-state index contributed by atoms with van der Waals surface area (Å²) in [5.41, 5.74) is 0. The van der Waals surface area contributed by atoms with Crippen LogP contribution in [0.1, 0.15) is 6.92 Å². The Balaban J connectivity index is 2.85. The second-order valence-corrected chi connectivity index (χ2v) is 1.31. The van der Waals surface area contributed by atoms with E-state index in [1.165, 1.54) is 5.36 Å². The number of hydrogen-bond acceptors (Lipinski definition) is 0. The van der Waals surface area contributed by atoms with Crippen LogP contribution in [0.3, 0.4) is 0 Å². The first-order chi connectivity index (χ1) is 2.27. The van der Waals surface area contributed by atoms with Gasteiger partial charge in [-0.15, -0.1) is 0 Å². The Kier molecular flexibility index (Phi) is 2.25. The predicted octanol–water partition coefficient (Wildman–Crippen LogP) is -0.478. The van der Waals surface area contributed by atoms with Crippen molar-refractivity contribution in [1.29, 1.82) is 0 Å². The summed E-state index contributed by atoms with van der Waals surface area (Å²) in [6.45, 7) is 4.13. The summed E-state index contributed by atoms with van der Waals surface area (Å²) in [6, 6.07) is 0. The zero-order valence-electron chi connectivity index (χ0n) is 3.91. The molecule has 2 heteroatoms. The second-order valence-electron chi connectivity index (χ2n) is 1.31. The molecule has 0 bridgehead atoms. The van der Waals surface area contributed by atoms with Crippen molar-refractivity contribution < 1.29 is 0 Å². The molecular formula is C3H8B2. The molecule has 0 unspecified atom stereocenters. The molecule has 0 amide bonds. The van der Waals surface area contributed by atoms with Gasteiger partial charge in [0.05, 0.1) is 0 Å². The standard InChI is InChI=1S/C3H8B2/c1-3(4)5-2/h4-5H,1-2H3. The van der Waals surface area contributed by atoms with E-state index < -0.39 is 0 Å². The van der Waals surface area contributed by atoms with Crippen molar-refractivity contribution in [3.8, 4) is 0 Å². The van der Waals surface area contributed by atoms with Crippen molar-refractivity contribution in [2.75, 3.05) is 0 Å². The molecule has 0 aromatic heterocycles. The maximum atomic E-state index is 3.67. The van der Waals surface area contributed by atoms with Crippen molar-refractivity contribution in [1.82, 2.24) is 0 Å². The molecule has 0 heterocycles. The molecule has 0 saturated heterocycles. The van der Waals surface area contributed by atoms with Crippen molar-refractivity contribution in [3.63, 3.8) is 0 Å². The zero-order chi connectivity index (χ0) is 4.28. The Hall–Kier alpha value is -0.000130. The SMILES string of the molecule is B=C(C)BC. The molecule has 0 aliphatic heterocycles. The fourth-order valence-corrected chi connectivity index (χ4v) is 0. The fourth-order valence-electron chi connectivity index (χ4n) is 0. The Bertz CT molecular complexity index is 40.2. The second kappa shape index (κ2) is 2.25. The van der Waals surface area contributed by atoms with Gasteiger partial charge in [0.25, 0.3) is 0 Å². The minimum atomic E-state index is 1.11. The van der Waals surface area contributed by atoms with E-state index in [0.29, 0.717) is 0 Å². The van der Waals surface area contributed by atoms with Crippen LogP contribution < -0.4 is 0 Å². The summed E-state index contributed by atoms with van der Waals surface area (Å²) < 4.78 is 0. The normalized spacial score (nSPS) is 6.60. The van der Waals surface area contributed by atoms with Gasteiger partial charge in [-0.2, -0.15) is 0 Å². The minimum absolute atomic E-state index is 1.11. The molecule has 0 aliphatic rings. The first kappa shape index (κ1) is 5.00. The van der Waals surface area contributed by atoms with Gasteiger partial charge in [-0.25, -0.2) is 0 Å². The van der Waals surface area contributed by atoms with Crippen LogP contribution in [0, 0.1) is 0 Å². The van der Waals surface area contributed by atoms with Gasteiger partial charge >= 0.3 is 33.9 Å². The monoisotopic (exact) mass is 66.1 g/mol. The van der Waals surface area contributed by atoms with Gasteiger partial charge < -0.3 is 0 Å². The fraction of sp³-hybridized carbons (Fsp3) is 0.667. The van der Waals surface area contributed by atoms with Gasteiger partial charge in [0, 0.05) is 0 Å². The third-order valence-corrected chi connectivity index (χ3v) is 0.604. The van der Waals surface area contributed by atoms with Crippen LogP contribution in [-0.2, 0) is 0 Å². The summed E-state index contributed by atoms with van der Waals surface area (Å²) in [5, 5.41) is 1.25. The van der Waals surface area contributed by atoms with Crippen LogP contribution in [0.2, 0.25) is 6.82 Å². The Morgan fingerprint density at radius 3 is 2.00 bits per heavy atom. The zero-order valence-corrected chi connectivity index (χ0v) is 3.91. The van der Waals surface area contributed by atoms with Crippen LogP contribution in [0.4, 0.5) is 0 Å². The van der Waals surface area contributed by atoms with Crippen molar-refractivity contribution in [3.05, 3.63) is 0 Å². The van der Waals surface area contributed by atoms with Gasteiger partial charge in [-0.3, -0.25) is 0 Å². The van der Waals surface area contributed by atoms with Crippen LogP contribution >= 0.6 is 0 Å².